The zero-order chi connectivity index (χ0) is 25.4. The van der Waals surface area contributed by atoms with Crippen molar-refractivity contribution < 1.29 is 18.0 Å². The molecule has 2 aliphatic heterocycles. The molecular formula is C24H26Cl2N4O4S. The second-order valence-corrected chi connectivity index (χ2v) is 11.7. The van der Waals surface area contributed by atoms with Crippen LogP contribution in [0.2, 0.25) is 10.0 Å². The predicted molar refractivity (Wildman–Crippen MR) is 137 cm³/mol. The van der Waals surface area contributed by atoms with Gasteiger partial charge in [-0.25, -0.2) is 12.7 Å². The SMILES string of the molecule is CNC(=O)c1ccc(CCS(=O)(=O)N2CCC3(CC2)N=C(c2ccc(Cl)c(Cl)c2)NC3=O)c(C)c1. The Morgan fingerprint density at radius 2 is 1.86 bits per heavy atom. The van der Waals surface area contributed by atoms with Crippen molar-refractivity contribution in [3.8, 4) is 0 Å². The van der Waals surface area contributed by atoms with Gasteiger partial charge in [-0.3, -0.25) is 14.6 Å². The van der Waals surface area contributed by atoms with E-state index in [-0.39, 0.29) is 30.7 Å². The largest absolute Gasteiger partial charge is 0.355 e. The number of amidine groups is 1. The lowest BCUT2D eigenvalue weighted by atomic mass is 9.89. The van der Waals surface area contributed by atoms with E-state index in [0.29, 0.717) is 46.3 Å². The monoisotopic (exact) mass is 536 g/mol. The standard InChI is InChI=1S/C24H26Cl2N4O4S/c1-15-13-18(22(31)27-2)4-3-16(15)7-12-35(33,34)30-10-8-24(9-11-30)23(32)28-21(29-24)17-5-6-19(25)20(26)14-17/h3-6,13-14H,7-12H2,1-2H3,(H,27,31)(H,28,29,32). The summed E-state index contributed by atoms with van der Waals surface area (Å²) in [5.41, 5.74) is 1.94. The second kappa shape index (κ2) is 9.89. The van der Waals surface area contributed by atoms with Gasteiger partial charge in [0, 0.05) is 31.3 Å². The number of amides is 2. The Labute approximate surface area is 214 Å². The van der Waals surface area contributed by atoms with Gasteiger partial charge in [0.25, 0.3) is 11.8 Å². The molecule has 0 aromatic heterocycles. The van der Waals surface area contributed by atoms with E-state index in [2.05, 4.69) is 15.6 Å². The van der Waals surface area contributed by atoms with Crippen molar-refractivity contribution in [2.24, 2.45) is 4.99 Å². The Kier molecular flexibility index (Phi) is 7.24. The van der Waals surface area contributed by atoms with E-state index in [1.54, 1.807) is 43.4 Å². The van der Waals surface area contributed by atoms with Gasteiger partial charge in [0.15, 0.2) is 0 Å². The maximum atomic E-state index is 13.0. The van der Waals surface area contributed by atoms with E-state index in [4.69, 9.17) is 23.2 Å². The lowest BCUT2D eigenvalue weighted by Gasteiger charge is -2.34. The van der Waals surface area contributed by atoms with Gasteiger partial charge in [0.05, 0.1) is 15.8 Å². The molecule has 2 amide bonds. The van der Waals surface area contributed by atoms with Crippen LogP contribution >= 0.6 is 23.2 Å². The van der Waals surface area contributed by atoms with Gasteiger partial charge >= 0.3 is 0 Å². The Bertz CT molecular complexity index is 1320. The molecule has 0 saturated carbocycles. The van der Waals surface area contributed by atoms with Crippen molar-refractivity contribution >= 4 is 50.9 Å². The molecule has 4 rings (SSSR count). The maximum absolute atomic E-state index is 13.0. The van der Waals surface area contributed by atoms with Crippen molar-refractivity contribution in [2.75, 3.05) is 25.9 Å². The molecule has 11 heteroatoms. The molecule has 2 N–H and O–H groups in total. The van der Waals surface area contributed by atoms with Crippen LogP contribution in [0.5, 0.6) is 0 Å². The molecule has 186 valence electrons. The number of hydrogen-bond donors (Lipinski definition) is 2. The summed E-state index contributed by atoms with van der Waals surface area (Å²) in [4.78, 5) is 29.3. The molecule has 2 aliphatic rings. The molecule has 1 fully saturated rings. The summed E-state index contributed by atoms with van der Waals surface area (Å²) in [5.74, 6) is -0.0529. The second-order valence-electron chi connectivity index (χ2n) is 8.76. The van der Waals surface area contributed by atoms with Crippen molar-refractivity contribution in [1.29, 1.82) is 0 Å². The highest BCUT2D eigenvalue weighted by Gasteiger charge is 2.47. The van der Waals surface area contributed by atoms with Crippen LogP contribution in [0.1, 0.15) is 39.9 Å². The van der Waals surface area contributed by atoms with Crippen molar-refractivity contribution in [1.82, 2.24) is 14.9 Å². The summed E-state index contributed by atoms with van der Waals surface area (Å²) in [5, 5.41) is 6.16. The van der Waals surface area contributed by atoms with Gasteiger partial charge in [-0.05, 0) is 67.6 Å². The van der Waals surface area contributed by atoms with E-state index in [0.717, 1.165) is 11.1 Å². The number of hydrogen-bond acceptors (Lipinski definition) is 5. The number of carbonyl (C=O) groups is 2. The number of rotatable bonds is 6. The fourth-order valence-electron chi connectivity index (χ4n) is 4.40. The lowest BCUT2D eigenvalue weighted by Crippen LogP contribution is -2.50. The van der Waals surface area contributed by atoms with Gasteiger partial charge in [-0.2, -0.15) is 0 Å². The molecule has 0 bridgehead atoms. The minimum atomic E-state index is -3.53. The number of benzene rings is 2. The highest BCUT2D eigenvalue weighted by molar-refractivity contribution is 7.89. The Morgan fingerprint density at radius 3 is 2.49 bits per heavy atom. The predicted octanol–water partition coefficient (Wildman–Crippen LogP) is 2.94. The number of halogens is 2. The van der Waals surface area contributed by atoms with Crippen LogP contribution in [0.4, 0.5) is 0 Å². The van der Waals surface area contributed by atoms with Crippen LogP contribution < -0.4 is 10.6 Å². The first-order valence-electron chi connectivity index (χ1n) is 11.2. The third-order valence-electron chi connectivity index (χ3n) is 6.58. The zero-order valence-corrected chi connectivity index (χ0v) is 21.7. The number of piperidine rings is 1. The molecule has 2 aromatic rings. The van der Waals surface area contributed by atoms with Crippen molar-refractivity contribution in [2.45, 2.75) is 31.7 Å². The third kappa shape index (κ3) is 5.23. The number of nitrogens with zero attached hydrogens (tertiary/aromatic N) is 2. The normalized spacial score (nSPS) is 17.8. The first-order chi connectivity index (χ1) is 16.5. The van der Waals surface area contributed by atoms with Crippen LogP contribution in [-0.4, -0.2) is 61.8 Å². The van der Waals surface area contributed by atoms with Gasteiger partial charge in [-0.1, -0.05) is 29.3 Å². The smallest absolute Gasteiger partial charge is 0.253 e. The van der Waals surface area contributed by atoms with Gasteiger partial charge in [-0.15, -0.1) is 0 Å². The Hall–Kier alpha value is -2.46. The minimum Gasteiger partial charge on any atom is -0.355 e. The molecule has 8 nitrogen and oxygen atoms in total. The summed E-state index contributed by atoms with van der Waals surface area (Å²) >= 11 is 12.1. The summed E-state index contributed by atoms with van der Waals surface area (Å²) < 4.78 is 27.5. The molecular weight excluding hydrogens is 511 g/mol. The van der Waals surface area contributed by atoms with Crippen LogP contribution in [-0.2, 0) is 21.2 Å². The van der Waals surface area contributed by atoms with E-state index in [1.165, 1.54) is 4.31 Å². The topological polar surface area (TPSA) is 108 Å². The lowest BCUT2D eigenvalue weighted by molar-refractivity contribution is -0.124. The molecule has 0 atom stereocenters. The molecule has 0 unspecified atom stereocenters. The van der Waals surface area contributed by atoms with Crippen LogP contribution in [0.25, 0.3) is 0 Å². The first-order valence-corrected chi connectivity index (χ1v) is 13.6. The molecule has 1 spiro atoms. The molecule has 1 saturated heterocycles. The number of nitrogens with one attached hydrogen (secondary N) is 2. The fourth-order valence-corrected chi connectivity index (χ4v) is 6.17. The number of carbonyl (C=O) groups excluding carboxylic acids is 2. The molecule has 2 aromatic carbocycles. The molecule has 35 heavy (non-hydrogen) atoms. The summed E-state index contributed by atoms with van der Waals surface area (Å²) in [6, 6.07) is 10.3. The first kappa shape index (κ1) is 25.6. The van der Waals surface area contributed by atoms with Gasteiger partial charge in [0.2, 0.25) is 10.0 Å². The van der Waals surface area contributed by atoms with Crippen molar-refractivity contribution in [3.63, 3.8) is 0 Å². The van der Waals surface area contributed by atoms with E-state index in [9.17, 15) is 18.0 Å². The average Bonchev–Trinajstić information content (AvgIpc) is 3.15. The van der Waals surface area contributed by atoms with Crippen LogP contribution in [0.15, 0.2) is 41.4 Å². The molecule has 2 heterocycles. The third-order valence-corrected chi connectivity index (χ3v) is 9.19. The fraction of sp³-hybridized carbons (Fsp3) is 0.375. The van der Waals surface area contributed by atoms with Crippen LogP contribution in [0, 0.1) is 6.92 Å². The number of aliphatic imine (C=N–C) groups is 1. The Balaban J connectivity index is 1.41. The quantitative estimate of drug-likeness (QED) is 0.591. The molecule has 0 radical (unpaired) electrons. The maximum Gasteiger partial charge on any atom is 0.253 e. The van der Waals surface area contributed by atoms with Crippen LogP contribution in [0.3, 0.4) is 0 Å². The van der Waals surface area contributed by atoms with Gasteiger partial charge in [0.1, 0.15) is 11.4 Å². The number of sulfonamides is 1. The van der Waals surface area contributed by atoms with Gasteiger partial charge < -0.3 is 10.6 Å². The van der Waals surface area contributed by atoms with Crippen molar-refractivity contribution in [3.05, 3.63) is 68.7 Å². The summed E-state index contributed by atoms with van der Waals surface area (Å²) in [6.45, 7) is 2.28. The zero-order valence-electron chi connectivity index (χ0n) is 19.4. The Morgan fingerprint density at radius 1 is 1.14 bits per heavy atom. The summed E-state index contributed by atoms with van der Waals surface area (Å²) in [6.07, 6.45) is 0.926. The highest BCUT2D eigenvalue weighted by Crippen LogP contribution is 2.33. The van der Waals surface area contributed by atoms with E-state index in [1.807, 2.05) is 6.92 Å². The minimum absolute atomic E-state index is 0.0514. The summed E-state index contributed by atoms with van der Waals surface area (Å²) in [7, 11) is -1.96. The number of aryl methyl sites for hydroxylation is 2. The van der Waals surface area contributed by atoms with E-state index < -0.39 is 15.6 Å². The highest BCUT2D eigenvalue weighted by atomic mass is 35.5. The van der Waals surface area contributed by atoms with E-state index >= 15 is 0 Å². The molecule has 0 aliphatic carbocycles. The average molecular weight is 537 g/mol.